The highest BCUT2D eigenvalue weighted by Gasteiger charge is 2.52. The van der Waals surface area contributed by atoms with Crippen molar-refractivity contribution in [2.75, 3.05) is 11.9 Å². The summed E-state index contributed by atoms with van der Waals surface area (Å²) in [6, 6.07) is 10.3. The molecule has 2 heterocycles. The van der Waals surface area contributed by atoms with Crippen molar-refractivity contribution in [3.63, 3.8) is 0 Å². The lowest BCUT2D eigenvalue weighted by Gasteiger charge is -2.24. The zero-order chi connectivity index (χ0) is 26.0. The zero-order valence-electron chi connectivity index (χ0n) is 20.7. The lowest BCUT2D eigenvalue weighted by molar-refractivity contribution is -0.286. The number of nitrogens with one attached hydrogen (secondary N) is 1. The summed E-state index contributed by atoms with van der Waals surface area (Å²) >= 11 is 0. The van der Waals surface area contributed by atoms with Crippen molar-refractivity contribution in [2.24, 2.45) is 0 Å². The number of nitrogens with zero attached hydrogens (tertiary/aromatic N) is 1. The van der Waals surface area contributed by atoms with Crippen LogP contribution in [0.1, 0.15) is 54.7 Å². The molecule has 0 spiro atoms. The molecule has 198 valence electrons. The van der Waals surface area contributed by atoms with Crippen LogP contribution in [-0.2, 0) is 22.2 Å². The van der Waals surface area contributed by atoms with E-state index >= 15 is 0 Å². The summed E-state index contributed by atoms with van der Waals surface area (Å²) < 4.78 is 37.9. The smallest absolute Gasteiger partial charge is 0.395 e. The summed E-state index contributed by atoms with van der Waals surface area (Å²) in [5.41, 5.74) is 3.07. The molecule has 7 nitrogen and oxygen atoms in total. The molecule has 0 bridgehead atoms. The number of halogens is 2. The van der Waals surface area contributed by atoms with Gasteiger partial charge in [0.2, 0.25) is 5.91 Å². The average Bonchev–Trinajstić information content (AvgIpc) is 3.41. The van der Waals surface area contributed by atoms with Gasteiger partial charge < -0.3 is 29.6 Å². The Balaban J connectivity index is 0.00000178. The number of benzene rings is 2. The Morgan fingerprint density at radius 1 is 1.17 bits per heavy atom. The van der Waals surface area contributed by atoms with Crippen molar-refractivity contribution in [1.29, 1.82) is 0 Å². The maximum Gasteiger partial charge on any atom is 0.586 e. The Morgan fingerprint density at radius 3 is 2.50 bits per heavy atom. The number of fused-ring (bicyclic) bond motifs is 2. The van der Waals surface area contributed by atoms with E-state index in [1.165, 1.54) is 12.1 Å². The summed E-state index contributed by atoms with van der Waals surface area (Å²) in [5, 5.41) is 23.5. The van der Waals surface area contributed by atoms with Gasteiger partial charge in [-0.1, -0.05) is 26.8 Å². The van der Waals surface area contributed by atoms with Crippen molar-refractivity contribution in [2.45, 2.75) is 70.3 Å². The number of anilines is 1. The molecule has 5 rings (SSSR count). The molecule has 0 saturated heterocycles. The number of carbonyl (C=O) groups excluding carboxylic acids is 1. The lowest BCUT2D eigenvalue weighted by Crippen LogP contribution is -2.28. The van der Waals surface area contributed by atoms with Crippen molar-refractivity contribution in [3.05, 3.63) is 53.2 Å². The molecule has 2 aromatic carbocycles. The molecule has 1 amide bonds. The average molecular weight is 507 g/mol. The van der Waals surface area contributed by atoms with Crippen molar-refractivity contribution in [3.8, 4) is 11.5 Å². The van der Waals surface area contributed by atoms with Crippen LogP contribution in [0.25, 0.3) is 10.9 Å². The molecular weight excluding hydrogens is 470 g/mol. The number of rotatable bonds is 6. The van der Waals surface area contributed by atoms with Crippen LogP contribution in [0.5, 0.6) is 11.5 Å². The number of aromatic nitrogens is 1. The van der Waals surface area contributed by atoms with Crippen LogP contribution < -0.4 is 14.8 Å². The molecule has 1 fully saturated rings. The van der Waals surface area contributed by atoms with E-state index < -0.39 is 17.8 Å². The molecular formula is C27H36F2N2O5. The molecule has 0 unspecified atom stereocenters. The number of hydrogen-bond acceptors (Lipinski definition) is 5. The molecule has 1 atom stereocenters. The SMILES string of the molecule is Cc1cc(NC(=O)C2(c3ccc4c(c3)OC(F)(F)O4)CC2)cc2cc(C(C)(C)C)n(C[C@H](O)CO)c12.[HH].[HH].[HH]. The van der Waals surface area contributed by atoms with Crippen LogP contribution >= 0.6 is 0 Å². The van der Waals surface area contributed by atoms with Crippen LogP contribution in [0.2, 0.25) is 0 Å². The fourth-order valence-corrected chi connectivity index (χ4v) is 5.05. The van der Waals surface area contributed by atoms with Gasteiger partial charge in [-0.25, -0.2) is 0 Å². The van der Waals surface area contributed by atoms with E-state index in [9.17, 15) is 23.8 Å². The topological polar surface area (TPSA) is 93.0 Å². The molecule has 1 saturated carbocycles. The van der Waals surface area contributed by atoms with Gasteiger partial charge in [0, 0.05) is 26.5 Å². The largest absolute Gasteiger partial charge is 0.586 e. The Bertz CT molecular complexity index is 1370. The predicted octanol–water partition coefficient (Wildman–Crippen LogP) is 5.33. The number of ether oxygens (including phenoxy) is 2. The number of carbonyl (C=O) groups is 1. The van der Waals surface area contributed by atoms with Gasteiger partial charge in [-0.05, 0) is 61.2 Å². The molecule has 1 aliphatic carbocycles. The lowest BCUT2D eigenvalue weighted by atomic mass is 9.92. The highest BCUT2D eigenvalue weighted by Crippen LogP contribution is 2.52. The second-order valence-electron chi connectivity index (χ2n) is 10.8. The number of amides is 1. The number of hydrogen-bond donors (Lipinski definition) is 3. The summed E-state index contributed by atoms with van der Waals surface area (Å²) in [4.78, 5) is 13.4. The highest BCUT2D eigenvalue weighted by molar-refractivity contribution is 6.03. The summed E-state index contributed by atoms with van der Waals surface area (Å²) in [5.74, 6) is -0.334. The minimum atomic E-state index is -3.71. The van der Waals surface area contributed by atoms with E-state index in [1.807, 2.05) is 29.7 Å². The van der Waals surface area contributed by atoms with Crippen LogP contribution in [0.4, 0.5) is 14.5 Å². The molecule has 36 heavy (non-hydrogen) atoms. The molecule has 3 N–H and O–H groups in total. The Kier molecular flexibility index (Phi) is 5.57. The van der Waals surface area contributed by atoms with Gasteiger partial charge in [0.15, 0.2) is 11.5 Å². The standard InChI is InChI=1S/C27H30F2N2O5.3H2/c1-15-9-18(10-16-11-22(25(2,3)4)31(23(15)16)13-19(33)14-32)30-24(34)26(7-8-26)17-5-6-20-21(12-17)36-27(28,29)35-20;;;/h5-6,9-12,19,32-33H,7-8,13-14H2,1-4H3,(H,30,34);3*1H/t19-;;;/m0.../s1. The summed E-state index contributed by atoms with van der Waals surface area (Å²) in [6.45, 7) is 8.11. The maximum absolute atomic E-state index is 13.4. The van der Waals surface area contributed by atoms with Gasteiger partial charge in [0.1, 0.15) is 0 Å². The van der Waals surface area contributed by atoms with Crippen molar-refractivity contribution >= 4 is 22.5 Å². The monoisotopic (exact) mass is 506 g/mol. The minimum Gasteiger partial charge on any atom is -0.395 e. The van der Waals surface area contributed by atoms with E-state index in [0.717, 1.165) is 22.2 Å². The van der Waals surface area contributed by atoms with Crippen LogP contribution in [0.15, 0.2) is 36.4 Å². The fraction of sp³-hybridized carbons (Fsp3) is 0.444. The molecule has 0 radical (unpaired) electrons. The van der Waals surface area contributed by atoms with Gasteiger partial charge in [-0.2, -0.15) is 0 Å². The van der Waals surface area contributed by atoms with Gasteiger partial charge in [0.05, 0.1) is 30.2 Å². The first-order valence-corrected chi connectivity index (χ1v) is 12.0. The number of aliphatic hydroxyl groups is 2. The second-order valence-corrected chi connectivity index (χ2v) is 10.8. The first kappa shape index (κ1) is 24.5. The third-order valence-corrected chi connectivity index (χ3v) is 6.95. The van der Waals surface area contributed by atoms with Crippen LogP contribution in [-0.4, -0.2) is 39.7 Å². The summed E-state index contributed by atoms with van der Waals surface area (Å²) in [6.07, 6.45) is -3.40. The van der Waals surface area contributed by atoms with E-state index in [2.05, 4.69) is 35.6 Å². The number of aryl methyl sites for hydroxylation is 1. The Labute approximate surface area is 212 Å². The molecule has 3 aromatic rings. The van der Waals surface area contributed by atoms with E-state index in [1.54, 1.807) is 6.07 Å². The van der Waals surface area contributed by atoms with E-state index in [-0.39, 0.29) is 40.3 Å². The molecule has 1 aliphatic heterocycles. The maximum atomic E-state index is 13.4. The number of aliphatic hydroxyl groups excluding tert-OH is 2. The van der Waals surface area contributed by atoms with Gasteiger partial charge in [-0.15, -0.1) is 8.78 Å². The Morgan fingerprint density at radius 2 is 1.86 bits per heavy atom. The quantitative estimate of drug-likeness (QED) is 0.420. The normalized spacial score (nSPS) is 18.3. The van der Waals surface area contributed by atoms with Crippen molar-refractivity contribution in [1.82, 2.24) is 4.57 Å². The fourth-order valence-electron chi connectivity index (χ4n) is 5.05. The first-order valence-electron chi connectivity index (χ1n) is 12.0. The predicted molar refractivity (Wildman–Crippen MR) is 137 cm³/mol. The molecule has 9 heteroatoms. The Hall–Kier alpha value is -3.17. The van der Waals surface area contributed by atoms with E-state index in [4.69, 9.17) is 0 Å². The van der Waals surface area contributed by atoms with E-state index in [0.29, 0.717) is 24.1 Å². The highest BCUT2D eigenvalue weighted by atomic mass is 19.3. The first-order chi connectivity index (χ1) is 16.8. The third kappa shape index (κ3) is 4.20. The zero-order valence-corrected chi connectivity index (χ0v) is 20.7. The summed E-state index contributed by atoms with van der Waals surface area (Å²) in [7, 11) is 0. The minimum absolute atomic E-state index is 0. The third-order valence-electron chi connectivity index (χ3n) is 6.95. The van der Waals surface area contributed by atoms with Gasteiger partial charge >= 0.3 is 6.29 Å². The van der Waals surface area contributed by atoms with Crippen LogP contribution in [0.3, 0.4) is 0 Å². The van der Waals surface area contributed by atoms with Crippen LogP contribution in [0, 0.1) is 6.92 Å². The number of alkyl halides is 2. The molecule has 1 aromatic heterocycles. The molecule has 2 aliphatic rings. The van der Waals surface area contributed by atoms with Crippen molar-refractivity contribution < 1.29 is 37.5 Å². The van der Waals surface area contributed by atoms with Gasteiger partial charge in [-0.3, -0.25) is 4.79 Å². The van der Waals surface area contributed by atoms with Gasteiger partial charge in [0.25, 0.3) is 0 Å². The second kappa shape index (κ2) is 8.18.